The van der Waals surface area contributed by atoms with E-state index in [9.17, 15) is 0 Å². The van der Waals surface area contributed by atoms with Crippen molar-refractivity contribution in [3.63, 3.8) is 0 Å². The average molecular weight is 229 g/mol. The van der Waals surface area contributed by atoms with Gasteiger partial charge in [-0.15, -0.1) is 11.8 Å². The van der Waals surface area contributed by atoms with Crippen molar-refractivity contribution in [1.29, 1.82) is 0 Å². The normalized spacial score (nSPS) is 10.1. The van der Waals surface area contributed by atoms with Crippen molar-refractivity contribution in [2.45, 2.75) is 11.4 Å². The molecule has 6 heteroatoms. The van der Waals surface area contributed by atoms with Gasteiger partial charge < -0.3 is 15.2 Å². The molecule has 1 aromatic heterocycles. The van der Waals surface area contributed by atoms with Gasteiger partial charge in [0.25, 0.3) is 0 Å². The number of methoxy groups -OCH3 is 1. The number of anilines is 1. The van der Waals surface area contributed by atoms with Gasteiger partial charge in [-0.25, -0.2) is 9.97 Å². The van der Waals surface area contributed by atoms with Gasteiger partial charge in [0, 0.05) is 19.4 Å². The summed E-state index contributed by atoms with van der Waals surface area (Å²) in [6.45, 7) is 0.194. The highest BCUT2D eigenvalue weighted by Gasteiger charge is 2.10. The molecule has 1 aromatic rings. The molecule has 2 N–H and O–H groups in total. The third kappa shape index (κ3) is 3.24. The van der Waals surface area contributed by atoms with Crippen molar-refractivity contribution < 1.29 is 9.84 Å². The van der Waals surface area contributed by atoms with Gasteiger partial charge in [0.2, 0.25) is 0 Å². The average Bonchev–Trinajstić information content (AvgIpc) is 2.29. The summed E-state index contributed by atoms with van der Waals surface area (Å²) in [4.78, 5) is 8.18. The van der Waals surface area contributed by atoms with Gasteiger partial charge in [0.1, 0.15) is 11.4 Å². The van der Waals surface area contributed by atoms with Crippen LogP contribution >= 0.6 is 11.8 Å². The molecule has 0 aliphatic carbocycles. The molecule has 5 nitrogen and oxygen atoms in total. The Bertz CT molecular complexity index is 309. The van der Waals surface area contributed by atoms with E-state index < -0.39 is 0 Å². The zero-order chi connectivity index (χ0) is 11.1. The first kappa shape index (κ1) is 12.1. The summed E-state index contributed by atoms with van der Waals surface area (Å²) in [5.74, 6) is 2.15. The van der Waals surface area contributed by atoms with Crippen molar-refractivity contribution in [1.82, 2.24) is 9.97 Å². The van der Waals surface area contributed by atoms with Crippen LogP contribution in [0.2, 0.25) is 0 Å². The second kappa shape index (κ2) is 6.47. The number of rotatable bonds is 6. The van der Waals surface area contributed by atoms with E-state index >= 15 is 0 Å². The van der Waals surface area contributed by atoms with Gasteiger partial charge in [0.15, 0.2) is 11.6 Å². The highest BCUT2D eigenvalue weighted by Crippen LogP contribution is 2.32. The lowest BCUT2D eigenvalue weighted by Crippen LogP contribution is -2.00. The molecule has 0 atom stereocenters. The number of thioether (sulfide) groups is 1. The maximum atomic E-state index is 8.68. The van der Waals surface area contributed by atoms with E-state index in [1.54, 1.807) is 25.9 Å². The second-order valence-corrected chi connectivity index (χ2v) is 3.82. The van der Waals surface area contributed by atoms with Crippen LogP contribution in [0.25, 0.3) is 0 Å². The Hall–Kier alpha value is -1.01. The molecule has 0 saturated heterocycles. The van der Waals surface area contributed by atoms with E-state index in [-0.39, 0.29) is 6.61 Å². The molecule has 0 aromatic carbocycles. The SMILES string of the molecule is CNc1ncnc(SCCCO)c1OC. The lowest BCUT2D eigenvalue weighted by atomic mass is 10.5. The Labute approximate surface area is 93.3 Å². The van der Waals surface area contributed by atoms with Crippen molar-refractivity contribution in [3.05, 3.63) is 6.33 Å². The second-order valence-electron chi connectivity index (χ2n) is 2.74. The fraction of sp³-hybridized carbons (Fsp3) is 0.556. The minimum atomic E-state index is 0.194. The number of ether oxygens (including phenoxy) is 1. The van der Waals surface area contributed by atoms with Gasteiger partial charge in [-0.3, -0.25) is 0 Å². The van der Waals surface area contributed by atoms with Gasteiger partial charge in [-0.1, -0.05) is 0 Å². The summed E-state index contributed by atoms with van der Waals surface area (Å²) >= 11 is 1.55. The Kier molecular flexibility index (Phi) is 5.20. The highest BCUT2D eigenvalue weighted by molar-refractivity contribution is 7.99. The molecule has 0 unspecified atom stereocenters. The number of aromatic nitrogens is 2. The minimum absolute atomic E-state index is 0.194. The van der Waals surface area contributed by atoms with E-state index in [4.69, 9.17) is 9.84 Å². The summed E-state index contributed by atoms with van der Waals surface area (Å²) in [7, 11) is 3.38. The number of nitrogens with zero attached hydrogens (tertiary/aromatic N) is 2. The van der Waals surface area contributed by atoms with Gasteiger partial charge in [-0.2, -0.15) is 0 Å². The molecule has 0 saturated carbocycles. The van der Waals surface area contributed by atoms with Gasteiger partial charge >= 0.3 is 0 Å². The van der Waals surface area contributed by atoms with Gasteiger partial charge in [0.05, 0.1) is 7.11 Å². The lowest BCUT2D eigenvalue weighted by molar-refractivity contribution is 0.296. The van der Waals surface area contributed by atoms with E-state index in [1.807, 2.05) is 0 Å². The number of aliphatic hydroxyl groups excluding tert-OH is 1. The smallest absolute Gasteiger partial charge is 0.193 e. The monoisotopic (exact) mass is 229 g/mol. The Morgan fingerprint density at radius 3 is 2.93 bits per heavy atom. The van der Waals surface area contributed by atoms with Crippen molar-refractivity contribution in [3.8, 4) is 5.75 Å². The van der Waals surface area contributed by atoms with Crippen LogP contribution in [-0.2, 0) is 0 Å². The predicted molar refractivity (Wildman–Crippen MR) is 60.6 cm³/mol. The molecular weight excluding hydrogens is 214 g/mol. The molecule has 0 amide bonds. The maximum Gasteiger partial charge on any atom is 0.193 e. The van der Waals surface area contributed by atoms with Crippen LogP contribution in [0, 0.1) is 0 Å². The third-order valence-electron chi connectivity index (χ3n) is 1.75. The summed E-state index contributed by atoms with van der Waals surface area (Å²) in [5.41, 5.74) is 0. The van der Waals surface area contributed by atoms with E-state index in [2.05, 4.69) is 15.3 Å². The van der Waals surface area contributed by atoms with E-state index in [0.717, 1.165) is 17.2 Å². The standard InChI is InChI=1S/C9H15N3O2S/c1-10-8-7(14-2)9(12-6-11-8)15-5-3-4-13/h6,13H,3-5H2,1-2H3,(H,10,11,12). The van der Waals surface area contributed by atoms with E-state index in [0.29, 0.717) is 11.6 Å². The van der Waals surface area contributed by atoms with Gasteiger partial charge in [-0.05, 0) is 6.42 Å². The third-order valence-corrected chi connectivity index (χ3v) is 2.81. The molecule has 0 fully saturated rings. The molecule has 0 aliphatic heterocycles. The first-order valence-electron chi connectivity index (χ1n) is 4.64. The Balaban J connectivity index is 2.76. The first-order chi connectivity index (χ1) is 7.33. The van der Waals surface area contributed by atoms with Crippen LogP contribution in [-0.4, -0.2) is 41.6 Å². The Morgan fingerprint density at radius 1 is 1.53 bits per heavy atom. The summed E-state index contributed by atoms with van der Waals surface area (Å²) in [5, 5.41) is 12.4. The molecule has 15 heavy (non-hydrogen) atoms. The first-order valence-corrected chi connectivity index (χ1v) is 5.62. The molecule has 0 aliphatic rings. The fourth-order valence-electron chi connectivity index (χ4n) is 1.06. The minimum Gasteiger partial charge on any atom is -0.490 e. The summed E-state index contributed by atoms with van der Waals surface area (Å²) in [6, 6.07) is 0. The predicted octanol–water partition coefficient (Wildman–Crippen LogP) is 1.00. The maximum absolute atomic E-state index is 8.68. The Morgan fingerprint density at radius 2 is 2.33 bits per heavy atom. The van der Waals surface area contributed by atoms with Crippen LogP contribution in [0.15, 0.2) is 11.4 Å². The van der Waals surface area contributed by atoms with Crippen LogP contribution < -0.4 is 10.1 Å². The molecule has 84 valence electrons. The van der Waals surface area contributed by atoms with Crippen molar-refractivity contribution >= 4 is 17.6 Å². The van der Waals surface area contributed by atoms with Crippen LogP contribution in [0.1, 0.15) is 6.42 Å². The lowest BCUT2D eigenvalue weighted by Gasteiger charge is -2.10. The van der Waals surface area contributed by atoms with Crippen molar-refractivity contribution in [2.24, 2.45) is 0 Å². The number of hydrogen-bond donors (Lipinski definition) is 2. The quantitative estimate of drug-likeness (QED) is 0.431. The van der Waals surface area contributed by atoms with Crippen LogP contribution in [0.3, 0.4) is 0 Å². The number of aliphatic hydroxyl groups is 1. The molecule has 0 radical (unpaired) electrons. The summed E-state index contributed by atoms with van der Waals surface area (Å²) in [6.07, 6.45) is 2.24. The van der Waals surface area contributed by atoms with Crippen molar-refractivity contribution in [2.75, 3.05) is 31.8 Å². The van der Waals surface area contributed by atoms with Crippen LogP contribution in [0.5, 0.6) is 5.75 Å². The molecule has 1 rings (SSSR count). The van der Waals surface area contributed by atoms with E-state index in [1.165, 1.54) is 6.33 Å². The fourth-order valence-corrected chi connectivity index (χ4v) is 1.96. The topological polar surface area (TPSA) is 67.3 Å². The number of hydrogen-bond acceptors (Lipinski definition) is 6. The zero-order valence-electron chi connectivity index (χ0n) is 8.86. The highest BCUT2D eigenvalue weighted by atomic mass is 32.2. The summed E-state index contributed by atoms with van der Waals surface area (Å²) < 4.78 is 5.23. The molecule has 1 heterocycles. The molecular formula is C9H15N3O2S. The molecule has 0 bridgehead atoms. The largest absolute Gasteiger partial charge is 0.490 e. The van der Waals surface area contributed by atoms with Crippen LogP contribution in [0.4, 0.5) is 5.82 Å². The molecule has 0 spiro atoms. The zero-order valence-corrected chi connectivity index (χ0v) is 9.67. The number of nitrogens with one attached hydrogen (secondary N) is 1.